The number of carbonyl (C=O) groups is 2. The van der Waals surface area contributed by atoms with Crippen LogP contribution < -0.4 is 11.1 Å². The summed E-state index contributed by atoms with van der Waals surface area (Å²) in [6, 6.07) is 17.0. The van der Waals surface area contributed by atoms with E-state index in [1.165, 1.54) is 15.6 Å². The number of H-pyrrole nitrogens is 1. The monoisotopic (exact) mass is 387 g/mol. The second kappa shape index (κ2) is 8.02. The number of anilines is 1. The molecule has 4 rings (SSSR count). The summed E-state index contributed by atoms with van der Waals surface area (Å²) >= 11 is 0. The van der Waals surface area contributed by atoms with Gasteiger partial charge in [-0.15, -0.1) is 0 Å². The van der Waals surface area contributed by atoms with Crippen molar-refractivity contribution in [3.8, 4) is 5.69 Å². The number of benzene rings is 2. The first-order valence-corrected chi connectivity index (χ1v) is 9.41. The normalized spacial score (nSPS) is 10.9. The molecule has 0 spiro atoms. The minimum absolute atomic E-state index is 0.0698. The third-order valence-electron chi connectivity index (χ3n) is 4.79. The highest BCUT2D eigenvalue weighted by molar-refractivity contribution is 5.93. The number of nitrogens with two attached hydrogens (primary N) is 1. The third kappa shape index (κ3) is 4.03. The highest BCUT2D eigenvalue weighted by Crippen LogP contribution is 2.21. The lowest BCUT2D eigenvalue weighted by Crippen LogP contribution is -2.15. The van der Waals surface area contributed by atoms with Gasteiger partial charge in [-0.25, -0.2) is 4.68 Å². The first kappa shape index (κ1) is 18.5. The Labute approximate surface area is 167 Å². The average Bonchev–Trinajstić information content (AvgIpc) is 3.36. The number of carbonyl (C=O) groups excluding carboxylic acids is 2. The molecule has 2 aromatic carbocycles. The fraction of sp³-hybridized carbons (Fsp3) is 0.136. The maximum Gasteiger partial charge on any atom is 0.269 e. The molecule has 146 valence electrons. The summed E-state index contributed by atoms with van der Waals surface area (Å²) in [5, 5.41) is 8.30. The fourth-order valence-electron chi connectivity index (χ4n) is 3.36. The van der Waals surface area contributed by atoms with Crippen LogP contribution in [0.5, 0.6) is 0 Å². The summed E-state index contributed by atoms with van der Waals surface area (Å²) in [5.41, 5.74) is 9.06. The van der Waals surface area contributed by atoms with Gasteiger partial charge in [0.25, 0.3) is 5.91 Å². The van der Waals surface area contributed by atoms with Gasteiger partial charge in [-0.2, -0.15) is 5.10 Å². The summed E-state index contributed by atoms with van der Waals surface area (Å²) in [6.45, 7) is 0. The van der Waals surface area contributed by atoms with Crippen LogP contribution in [0.2, 0.25) is 0 Å². The lowest BCUT2D eigenvalue weighted by Gasteiger charge is -2.11. The molecule has 0 saturated heterocycles. The van der Waals surface area contributed by atoms with Crippen LogP contribution >= 0.6 is 0 Å². The Kier molecular flexibility index (Phi) is 5.11. The van der Waals surface area contributed by atoms with Gasteiger partial charge < -0.3 is 16.0 Å². The first-order valence-electron chi connectivity index (χ1n) is 9.41. The molecule has 2 amide bonds. The zero-order chi connectivity index (χ0) is 20.2. The number of nitrogens with zero attached hydrogens (tertiary/aromatic N) is 2. The van der Waals surface area contributed by atoms with Crippen molar-refractivity contribution in [2.75, 3.05) is 5.32 Å². The van der Waals surface area contributed by atoms with E-state index >= 15 is 0 Å². The zero-order valence-electron chi connectivity index (χ0n) is 15.8. The standard InChI is InChI=1S/C22H21N5O2/c23-22(29)19-12-13-27(26-19)20-10-4-3-9-18(20)25-21(28)11-5-6-15-14-24-17-8-2-1-7-16(15)17/h1-4,7-10,12-14,24H,5-6,11H2,(H2,23,29)(H,25,28). The van der Waals surface area contributed by atoms with Crippen molar-refractivity contribution in [1.29, 1.82) is 0 Å². The molecule has 4 aromatic rings. The number of aromatic amines is 1. The Morgan fingerprint density at radius 3 is 2.69 bits per heavy atom. The smallest absolute Gasteiger partial charge is 0.269 e. The molecule has 7 nitrogen and oxygen atoms in total. The van der Waals surface area contributed by atoms with E-state index in [1.807, 2.05) is 42.6 Å². The minimum atomic E-state index is -0.595. The van der Waals surface area contributed by atoms with Crippen LogP contribution in [-0.4, -0.2) is 26.6 Å². The lowest BCUT2D eigenvalue weighted by molar-refractivity contribution is -0.116. The molecule has 0 saturated carbocycles. The molecular formula is C22H21N5O2. The Morgan fingerprint density at radius 2 is 1.86 bits per heavy atom. The summed E-state index contributed by atoms with van der Waals surface area (Å²) in [6.07, 6.45) is 5.61. The van der Waals surface area contributed by atoms with Gasteiger partial charge in [0.2, 0.25) is 5.91 Å². The number of amides is 2. The molecule has 0 aliphatic carbocycles. The molecule has 0 unspecified atom stereocenters. The number of para-hydroxylation sites is 3. The largest absolute Gasteiger partial charge is 0.364 e. The van der Waals surface area contributed by atoms with Crippen LogP contribution in [0.3, 0.4) is 0 Å². The number of primary amides is 1. The first-order chi connectivity index (χ1) is 14.1. The number of aromatic nitrogens is 3. The SMILES string of the molecule is NC(=O)c1ccn(-c2ccccc2NC(=O)CCCc2c[nH]c3ccccc23)n1. The summed E-state index contributed by atoms with van der Waals surface area (Å²) in [4.78, 5) is 27.0. The van der Waals surface area contributed by atoms with Crippen LogP contribution in [0.1, 0.15) is 28.9 Å². The molecule has 0 radical (unpaired) electrons. The van der Waals surface area contributed by atoms with Crippen LogP contribution in [0.4, 0.5) is 5.69 Å². The van der Waals surface area contributed by atoms with E-state index in [1.54, 1.807) is 18.3 Å². The maximum absolute atomic E-state index is 12.5. The second-order valence-corrected chi connectivity index (χ2v) is 6.79. The fourth-order valence-corrected chi connectivity index (χ4v) is 3.36. The van der Waals surface area contributed by atoms with E-state index in [0.29, 0.717) is 17.8 Å². The zero-order valence-corrected chi connectivity index (χ0v) is 15.8. The Hall–Kier alpha value is -3.87. The predicted octanol–water partition coefficient (Wildman–Crippen LogP) is 3.41. The van der Waals surface area contributed by atoms with Crippen molar-refractivity contribution in [2.24, 2.45) is 5.73 Å². The molecule has 0 fully saturated rings. The highest BCUT2D eigenvalue weighted by Gasteiger charge is 2.11. The molecule has 29 heavy (non-hydrogen) atoms. The van der Waals surface area contributed by atoms with E-state index < -0.39 is 5.91 Å². The molecule has 0 bridgehead atoms. The van der Waals surface area contributed by atoms with Crippen LogP contribution in [-0.2, 0) is 11.2 Å². The molecule has 2 aromatic heterocycles. The number of nitrogens with one attached hydrogen (secondary N) is 2. The molecule has 0 aliphatic rings. The Bertz CT molecular complexity index is 1170. The van der Waals surface area contributed by atoms with Gasteiger partial charge in [-0.3, -0.25) is 9.59 Å². The summed E-state index contributed by atoms with van der Waals surface area (Å²) in [5.74, 6) is -0.665. The maximum atomic E-state index is 12.5. The van der Waals surface area contributed by atoms with Crippen molar-refractivity contribution in [2.45, 2.75) is 19.3 Å². The Balaban J connectivity index is 1.40. The van der Waals surface area contributed by atoms with Crippen molar-refractivity contribution in [3.05, 3.63) is 78.2 Å². The van der Waals surface area contributed by atoms with Crippen molar-refractivity contribution in [3.63, 3.8) is 0 Å². The molecule has 0 aliphatic heterocycles. The Morgan fingerprint density at radius 1 is 1.07 bits per heavy atom. The van der Waals surface area contributed by atoms with Crippen LogP contribution in [0, 0.1) is 0 Å². The van der Waals surface area contributed by atoms with E-state index in [2.05, 4.69) is 21.5 Å². The van der Waals surface area contributed by atoms with Crippen LogP contribution in [0.25, 0.3) is 16.6 Å². The van der Waals surface area contributed by atoms with Gasteiger partial charge in [-0.1, -0.05) is 30.3 Å². The molecular weight excluding hydrogens is 366 g/mol. The van der Waals surface area contributed by atoms with Gasteiger partial charge in [0.1, 0.15) is 5.69 Å². The number of hydrogen-bond acceptors (Lipinski definition) is 3. The summed E-state index contributed by atoms with van der Waals surface area (Å²) < 4.78 is 1.53. The van der Waals surface area contributed by atoms with Gasteiger partial charge in [-0.05, 0) is 42.7 Å². The predicted molar refractivity (Wildman–Crippen MR) is 112 cm³/mol. The van der Waals surface area contributed by atoms with Crippen molar-refractivity contribution < 1.29 is 9.59 Å². The second-order valence-electron chi connectivity index (χ2n) is 6.79. The van der Waals surface area contributed by atoms with Crippen LogP contribution in [0.15, 0.2) is 67.0 Å². The van der Waals surface area contributed by atoms with E-state index in [-0.39, 0.29) is 11.6 Å². The summed E-state index contributed by atoms with van der Waals surface area (Å²) in [7, 11) is 0. The molecule has 0 atom stereocenters. The lowest BCUT2D eigenvalue weighted by atomic mass is 10.1. The number of rotatable bonds is 7. The number of aryl methyl sites for hydroxylation is 1. The van der Waals surface area contributed by atoms with Gasteiger partial charge in [0.05, 0.1) is 11.4 Å². The average molecular weight is 387 g/mol. The van der Waals surface area contributed by atoms with Gasteiger partial charge in [0.15, 0.2) is 0 Å². The van der Waals surface area contributed by atoms with Crippen molar-refractivity contribution in [1.82, 2.24) is 14.8 Å². The van der Waals surface area contributed by atoms with Gasteiger partial charge in [0, 0.05) is 29.7 Å². The topological polar surface area (TPSA) is 106 Å². The van der Waals surface area contributed by atoms with Gasteiger partial charge >= 0.3 is 0 Å². The molecule has 2 heterocycles. The van der Waals surface area contributed by atoms with Crippen molar-refractivity contribution >= 4 is 28.4 Å². The number of fused-ring (bicyclic) bond motifs is 1. The van der Waals surface area contributed by atoms with E-state index in [9.17, 15) is 9.59 Å². The quantitative estimate of drug-likeness (QED) is 0.452. The molecule has 4 N–H and O–H groups in total. The van der Waals surface area contributed by atoms with E-state index in [4.69, 9.17) is 5.73 Å². The molecule has 7 heteroatoms. The highest BCUT2D eigenvalue weighted by atomic mass is 16.2. The van der Waals surface area contributed by atoms with E-state index in [0.717, 1.165) is 18.4 Å². The number of hydrogen-bond donors (Lipinski definition) is 3. The third-order valence-corrected chi connectivity index (χ3v) is 4.79. The minimum Gasteiger partial charge on any atom is -0.364 e.